The first kappa shape index (κ1) is 23.9. The quantitative estimate of drug-likeness (QED) is 0.278. The summed E-state index contributed by atoms with van der Waals surface area (Å²) in [5.74, 6) is -5.55. The first-order valence-corrected chi connectivity index (χ1v) is 7.68. The number of amides is 1. The average molecular weight is 402 g/mol. The van der Waals surface area contributed by atoms with Crippen molar-refractivity contribution >= 4 is 42.7 Å². The van der Waals surface area contributed by atoms with E-state index in [4.69, 9.17) is 16.6 Å². The third-order valence-electron chi connectivity index (χ3n) is 4.94. The van der Waals surface area contributed by atoms with Crippen molar-refractivity contribution in [1.29, 1.82) is 0 Å². The Morgan fingerprint density at radius 3 is 2.24 bits per heavy atom. The lowest BCUT2D eigenvalue weighted by Gasteiger charge is -2.30. The Labute approximate surface area is 157 Å². The van der Waals surface area contributed by atoms with Crippen LogP contribution in [-0.4, -0.2) is 57.4 Å². The number of halogens is 2. The van der Waals surface area contributed by atoms with Crippen molar-refractivity contribution in [2.24, 2.45) is 29.2 Å². The number of aliphatic hydroxyl groups excluding tert-OH is 1. The summed E-state index contributed by atoms with van der Waals surface area (Å²) in [5, 5.41) is 31.0. The van der Waals surface area contributed by atoms with E-state index in [2.05, 4.69) is 5.32 Å². The predicted molar refractivity (Wildman–Crippen MR) is 92.6 cm³/mol. The summed E-state index contributed by atoms with van der Waals surface area (Å²) in [4.78, 5) is 35.1. The summed E-state index contributed by atoms with van der Waals surface area (Å²) < 4.78 is 0. The lowest BCUT2D eigenvalue weighted by Crippen LogP contribution is -2.59. The standard InChI is InChI=1S/C14H23N3O6.2ClH/c15-4-2-1-3-6(16)11(19)17-14(13(22)23)5-7(18)8-9(10(8)14)12(20)21;;/h6-10,18H,1-5,15-16H2,(H,17,19)(H,20,21)(H,22,23);2*1H/t6-,7-,8-,9-,10-,14-;;/m0../s1. The molecule has 8 N–H and O–H groups in total. The van der Waals surface area contributed by atoms with Crippen molar-refractivity contribution < 1.29 is 29.7 Å². The van der Waals surface area contributed by atoms with Crippen molar-refractivity contribution in [2.75, 3.05) is 6.54 Å². The fourth-order valence-corrected chi connectivity index (χ4v) is 3.74. The highest BCUT2D eigenvalue weighted by molar-refractivity contribution is 5.92. The van der Waals surface area contributed by atoms with Gasteiger partial charge in [-0.05, 0) is 19.4 Å². The van der Waals surface area contributed by atoms with Crippen molar-refractivity contribution in [3.63, 3.8) is 0 Å². The number of nitrogens with two attached hydrogens (primary N) is 2. The number of unbranched alkanes of at least 4 members (excludes halogenated alkanes) is 1. The zero-order valence-electron chi connectivity index (χ0n) is 13.5. The summed E-state index contributed by atoms with van der Waals surface area (Å²) in [6.45, 7) is 0.476. The van der Waals surface area contributed by atoms with Crippen molar-refractivity contribution in [3.05, 3.63) is 0 Å². The van der Waals surface area contributed by atoms with E-state index >= 15 is 0 Å². The van der Waals surface area contributed by atoms with Gasteiger partial charge in [0.2, 0.25) is 5.91 Å². The maximum atomic E-state index is 12.2. The Kier molecular flexibility index (Phi) is 8.59. The molecule has 11 heteroatoms. The molecular formula is C14H25Cl2N3O6. The monoisotopic (exact) mass is 401 g/mol. The van der Waals surface area contributed by atoms with Gasteiger partial charge in [0.25, 0.3) is 0 Å². The van der Waals surface area contributed by atoms with Gasteiger partial charge in [0, 0.05) is 18.3 Å². The van der Waals surface area contributed by atoms with Crippen LogP contribution in [0.5, 0.6) is 0 Å². The molecule has 2 fully saturated rings. The van der Waals surface area contributed by atoms with E-state index in [9.17, 15) is 24.6 Å². The van der Waals surface area contributed by atoms with Crippen LogP contribution in [0.15, 0.2) is 0 Å². The fourth-order valence-electron chi connectivity index (χ4n) is 3.74. The number of carbonyl (C=O) groups excluding carboxylic acids is 1. The molecule has 0 aromatic rings. The van der Waals surface area contributed by atoms with Crippen LogP contribution in [0.1, 0.15) is 25.7 Å². The summed E-state index contributed by atoms with van der Waals surface area (Å²) in [6, 6.07) is -0.893. The third kappa shape index (κ3) is 4.35. The van der Waals surface area contributed by atoms with E-state index in [1.807, 2.05) is 0 Å². The molecular weight excluding hydrogens is 377 g/mol. The van der Waals surface area contributed by atoms with Gasteiger partial charge in [-0.3, -0.25) is 9.59 Å². The minimum Gasteiger partial charge on any atom is -0.481 e. The van der Waals surface area contributed by atoms with E-state index in [1.54, 1.807) is 0 Å². The SMILES string of the molecule is Cl.Cl.NCCCC[C@H](N)C(=O)N[C@@]1(C(=O)O)C[C@H](O)[C@H]2[C@H](C(=O)O)[C@H]21. The van der Waals surface area contributed by atoms with Gasteiger partial charge in [0.15, 0.2) is 0 Å². The predicted octanol–water partition coefficient (Wildman–Crippen LogP) is -1.06. The number of nitrogens with one attached hydrogen (secondary N) is 1. The summed E-state index contributed by atoms with van der Waals surface area (Å²) >= 11 is 0. The molecule has 2 aliphatic carbocycles. The van der Waals surface area contributed by atoms with Crippen LogP contribution < -0.4 is 16.8 Å². The Bertz CT molecular complexity index is 523. The molecule has 0 aromatic carbocycles. The second-order valence-electron chi connectivity index (χ2n) is 6.40. The molecule has 6 atom stereocenters. The van der Waals surface area contributed by atoms with Crippen LogP contribution in [0.2, 0.25) is 0 Å². The van der Waals surface area contributed by atoms with Crippen molar-refractivity contribution in [1.82, 2.24) is 5.32 Å². The van der Waals surface area contributed by atoms with Crippen LogP contribution in [-0.2, 0) is 14.4 Å². The maximum Gasteiger partial charge on any atom is 0.329 e. The van der Waals surface area contributed by atoms with Crippen LogP contribution in [0.25, 0.3) is 0 Å². The van der Waals surface area contributed by atoms with E-state index in [0.29, 0.717) is 25.8 Å². The van der Waals surface area contributed by atoms with Crippen LogP contribution in [0, 0.1) is 17.8 Å². The molecule has 0 aliphatic heterocycles. The average Bonchev–Trinajstić information content (AvgIpc) is 3.16. The van der Waals surface area contributed by atoms with Gasteiger partial charge in [-0.1, -0.05) is 6.42 Å². The minimum absolute atomic E-state index is 0. The Morgan fingerprint density at radius 1 is 1.20 bits per heavy atom. The number of carboxylic acids is 2. The molecule has 0 unspecified atom stereocenters. The number of fused-ring (bicyclic) bond motifs is 1. The normalized spacial score (nSPS) is 33.2. The molecule has 0 saturated heterocycles. The Balaban J connectivity index is 0.00000288. The van der Waals surface area contributed by atoms with Gasteiger partial charge in [-0.25, -0.2) is 4.79 Å². The van der Waals surface area contributed by atoms with Gasteiger partial charge >= 0.3 is 11.9 Å². The maximum absolute atomic E-state index is 12.2. The largest absolute Gasteiger partial charge is 0.481 e. The lowest BCUT2D eigenvalue weighted by molar-refractivity contribution is -0.151. The molecule has 9 nitrogen and oxygen atoms in total. The molecule has 2 rings (SSSR count). The first-order chi connectivity index (χ1) is 10.8. The zero-order valence-corrected chi connectivity index (χ0v) is 15.1. The van der Waals surface area contributed by atoms with Crippen molar-refractivity contribution in [2.45, 2.75) is 43.4 Å². The van der Waals surface area contributed by atoms with Crippen LogP contribution in [0.3, 0.4) is 0 Å². The van der Waals surface area contributed by atoms with E-state index in [0.717, 1.165) is 0 Å². The van der Waals surface area contributed by atoms with Gasteiger partial charge in [-0.15, -0.1) is 24.8 Å². The highest BCUT2D eigenvalue weighted by Crippen LogP contribution is 2.62. The molecule has 0 bridgehead atoms. The van der Waals surface area contributed by atoms with E-state index < -0.39 is 53.3 Å². The molecule has 0 aromatic heterocycles. The number of hydrogen-bond donors (Lipinski definition) is 6. The van der Waals surface area contributed by atoms with Crippen LogP contribution in [0.4, 0.5) is 0 Å². The molecule has 0 spiro atoms. The molecule has 2 saturated carbocycles. The second-order valence-corrected chi connectivity index (χ2v) is 6.40. The van der Waals surface area contributed by atoms with Gasteiger partial charge in [-0.2, -0.15) is 0 Å². The summed E-state index contributed by atoms with van der Waals surface area (Å²) in [7, 11) is 0. The lowest BCUT2D eigenvalue weighted by atomic mass is 9.89. The summed E-state index contributed by atoms with van der Waals surface area (Å²) in [5.41, 5.74) is 9.35. The van der Waals surface area contributed by atoms with Gasteiger partial charge in [0.1, 0.15) is 5.54 Å². The number of carboxylic acid groups (broad SMARTS) is 2. The number of aliphatic carboxylic acids is 2. The topological polar surface area (TPSA) is 176 Å². The first-order valence-electron chi connectivity index (χ1n) is 7.68. The molecule has 0 radical (unpaired) electrons. The highest BCUT2D eigenvalue weighted by Gasteiger charge is 2.75. The molecule has 2 aliphatic rings. The smallest absolute Gasteiger partial charge is 0.329 e. The van der Waals surface area contributed by atoms with Gasteiger partial charge in [0.05, 0.1) is 18.1 Å². The number of aliphatic hydroxyl groups is 1. The summed E-state index contributed by atoms with van der Waals surface area (Å²) in [6.07, 6.45) is 0.430. The zero-order chi connectivity index (χ0) is 17.4. The number of hydrogen-bond acceptors (Lipinski definition) is 6. The highest BCUT2D eigenvalue weighted by atomic mass is 35.5. The van der Waals surface area contributed by atoms with Gasteiger partial charge < -0.3 is 32.1 Å². The number of carbonyl (C=O) groups is 3. The molecule has 1 amide bonds. The fraction of sp³-hybridized carbons (Fsp3) is 0.786. The molecule has 0 heterocycles. The third-order valence-corrected chi connectivity index (χ3v) is 4.94. The van der Waals surface area contributed by atoms with Crippen LogP contribution >= 0.6 is 24.8 Å². The van der Waals surface area contributed by atoms with E-state index in [1.165, 1.54) is 0 Å². The molecule has 146 valence electrons. The number of rotatable bonds is 8. The van der Waals surface area contributed by atoms with Crippen molar-refractivity contribution in [3.8, 4) is 0 Å². The second kappa shape index (κ2) is 9.00. The van der Waals surface area contributed by atoms with E-state index in [-0.39, 0.29) is 31.2 Å². The molecule has 25 heavy (non-hydrogen) atoms. The minimum atomic E-state index is -1.77. The Hall–Kier alpha value is -1.13. The Morgan fingerprint density at radius 2 is 1.80 bits per heavy atom.